The van der Waals surface area contributed by atoms with Crippen molar-refractivity contribution in [2.45, 2.75) is 44.6 Å². The number of hydrogen-bond acceptors (Lipinski definition) is 5. The summed E-state index contributed by atoms with van der Waals surface area (Å²) in [6.45, 7) is 7.54. The molecule has 0 aliphatic carbocycles. The number of anilines is 1. The lowest BCUT2D eigenvalue weighted by molar-refractivity contribution is 0.102. The molecule has 1 heterocycles. The number of benzene rings is 2. The molecule has 0 radical (unpaired) electrons. The average molecular weight is 460 g/mol. The van der Waals surface area contributed by atoms with Crippen LogP contribution in [0.5, 0.6) is 5.75 Å². The number of likely N-dealkylation sites (tertiary alicyclic amines) is 1. The molecule has 174 valence electrons. The molecule has 0 spiro atoms. The maximum Gasteiger partial charge on any atom is 0.255 e. The minimum atomic E-state index is -3.65. The zero-order chi connectivity index (χ0) is 23.5. The number of methoxy groups -OCH3 is 1. The Kier molecular flexibility index (Phi) is 7.59. The van der Waals surface area contributed by atoms with Gasteiger partial charge in [0.25, 0.3) is 5.91 Å². The molecule has 2 aromatic carbocycles. The molecule has 2 aromatic rings. The van der Waals surface area contributed by atoms with Crippen molar-refractivity contribution in [1.82, 2.24) is 9.62 Å². The number of piperidine rings is 1. The van der Waals surface area contributed by atoms with E-state index in [-0.39, 0.29) is 16.8 Å². The maximum absolute atomic E-state index is 12.9. The van der Waals surface area contributed by atoms with Crippen molar-refractivity contribution in [3.8, 4) is 5.75 Å². The lowest BCUT2D eigenvalue weighted by atomic mass is 9.91. The zero-order valence-corrected chi connectivity index (χ0v) is 20.3. The first-order valence-corrected chi connectivity index (χ1v) is 12.4. The summed E-state index contributed by atoms with van der Waals surface area (Å²) in [5.41, 5.74) is 2.59. The van der Waals surface area contributed by atoms with E-state index in [2.05, 4.69) is 22.0 Å². The van der Waals surface area contributed by atoms with Crippen molar-refractivity contribution < 1.29 is 17.9 Å². The molecule has 1 aliphatic heterocycles. The molecular formula is C24H33N3O4S. The van der Waals surface area contributed by atoms with Crippen molar-refractivity contribution in [3.05, 3.63) is 53.1 Å². The van der Waals surface area contributed by atoms with E-state index in [9.17, 15) is 13.2 Å². The highest BCUT2D eigenvalue weighted by molar-refractivity contribution is 7.89. The summed E-state index contributed by atoms with van der Waals surface area (Å²) < 4.78 is 33.9. The Hall–Kier alpha value is -2.42. The summed E-state index contributed by atoms with van der Waals surface area (Å²) in [6, 6.07) is 9.89. The number of carbonyl (C=O) groups is 1. The van der Waals surface area contributed by atoms with Crippen LogP contribution in [0.25, 0.3) is 0 Å². The SMILES string of the molecule is COc1ccc(C(=O)Nc2ccc(S(=O)(=O)NC(C)C3CCN(C)CC3)cc2C)c(C)c1. The van der Waals surface area contributed by atoms with E-state index in [0.717, 1.165) is 31.5 Å². The third-order valence-corrected chi connectivity index (χ3v) is 7.80. The van der Waals surface area contributed by atoms with Crippen molar-refractivity contribution in [1.29, 1.82) is 0 Å². The number of sulfonamides is 1. The van der Waals surface area contributed by atoms with E-state index in [4.69, 9.17) is 4.74 Å². The molecule has 7 nitrogen and oxygen atoms in total. The molecule has 1 aliphatic rings. The van der Waals surface area contributed by atoms with Crippen LogP contribution in [0.4, 0.5) is 5.69 Å². The molecule has 1 saturated heterocycles. The summed E-state index contributed by atoms with van der Waals surface area (Å²) >= 11 is 0. The van der Waals surface area contributed by atoms with Crippen molar-refractivity contribution in [3.63, 3.8) is 0 Å². The number of hydrogen-bond donors (Lipinski definition) is 2. The van der Waals surface area contributed by atoms with Gasteiger partial charge in [0.1, 0.15) is 5.75 Å². The molecule has 0 bridgehead atoms. The van der Waals surface area contributed by atoms with E-state index in [1.165, 1.54) is 6.07 Å². The number of nitrogens with zero attached hydrogens (tertiary/aromatic N) is 1. The Balaban J connectivity index is 1.70. The molecule has 3 rings (SSSR count). The van der Waals surface area contributed by atoms with E-state index in [1.807, 2.05) is 13.8 Å². The fourth-order valence-electron chi connectivity index (χ4n) is 4.09. The summed E-state index contributed by atoms with van der Waals surface area (Å²) in [5, 5.41) is 2.88. The molecule has 1 unspecified atom stereocenters. The lowest BCUT2D eigenvalue weighted by Gasteiger charge is -2.32. The van der Waals surface area contributed by atoms with Gasteiger partial charge in [0, 0.05) is 17.3 Å². The highest BCUT2D eigenvalue weighted by Crippen LogP contribution is 2.24. The van der Waals surface area contributed by atoms with Crippen LogP contribution in [0.2, 0.25) is 0 Å². The van der Waals surface area contributed by atoms with Gasteiger partial charge in [-0.15, -0.1) is 0 Å². The topological polar surface area (TPSA) is 87.7 Å². The summed E-state index contributed by atoms with van der Waals surface area (Å²) in [7, 11) is 0.0207. The third kappa shape index (κ3) is 5.68. The molecule has 8 heteroatoms. The highest BCUT2D eigenvalue weighted by atomic mass is 32.2. The van der Waals surface area contributed by atoms with E-state index in [1.54, 1.807) is 44.4 Å². The van der Waals surface area contributed by atoms with Gasteiger partial charge in [-0.25, -0.2) is 13.1 Å². The zero-order valence-electron chi connectivity index (χ0n) is 19.4. The molecule has 0 aromatic heterocycles. The Bertz CT molecular complexity index is 1080. The van der Waals surface area contributed by atoms with E-state index < -0.39 is 10.0 Å². The number of amides is 1. The van der Waals surface area contributed by atoms with Gasteiger partial charge in [-0.1, -0.05) is 0 Å². The van der Waals surface area contributed by atoms with Gasteiger partial charge in [-0.3, -0.25) is 4.79 Å². The fourth-order valence-corrected chi connectivity index (χ4v) is 5.49. The Morgan fingerprint density at radius 1 is 1.09 bits per heavy atom. The van der Waals surface area contributed by atoms with Gasteiger partial charge in [0.05, 0.1) is 12.0 Å². The Morgan fingerprint density at radius 2 is 1.78 bits per heavy atom. The van der Waals surface area contributed by atoms with Crippen LogP contribution in [0.1, 0.15) is 41.3 Å². The average Bonchev–Trinajstić information content (AvgIpc) is 2.74. The molecule has 0 saturated carbocycles. The first-order valence-electron chi connectivity index (χ1n) is 10.9. The van der Waals surface area contributed by atoms with Crippen LogP contribution in [0.3, 0.4) is 0 Å². The number of rotatable bonds is 7. The molecule has 1 amide bonds. The second-order valence-corrected chi connectivity index (χ2v) is 10.4. The van der Waals surface area contributed by atoms with Crippen LogP contribution < -0.4 is 14.8 Å². The fraction of sp³-hybridized carbons (Fsp3) is 0.458. The number of ether oxygens (including phenoxy) is 1. The van der Waals surface area contributed by atoms with Gasteiger partial charge >= 0.3 is 0 Å². The highest BCUT2D eigenvalue weighted by Gasteiger charge is 2.26. The molecular weight excluding hydrogens is 426 g/mol. The first kappa shape index (κ1) is 24.2. The van der Waals surface area contributed by atoms with Gasteiger partial charge in [0.2, 0.25) is 10.0 Å². The standard InChI is InChI=1S/C24H33N3O4S/c1-16-14-20(31-5)6-8-22(16)24(28)25-23-9-7-21(15-17(23)2)32(29,30)26-18(3)19-10-12-27(4)13-11-19/h6-9,14-15,18-19,26H,10-13H2,1-5H3,(H,25,28). The first-order chi connectivity index (χ1) is 15.1. The van der Waals surface area contributed by atoms with Gasteiger partial charge in [-0.2, -0.15) is 0 Å². The smallest absolute Gasteiger partial charge is 0.255 e. The predicted molar refractivity (Wildman–Crippen MR) is 127 cm³/mol. The molecule has 1 atom stereocenters. The monoisotopic (exact) mass is 459 g/mol. The van der Waals surface area contributed by atoms with Gasteiger partial charge < -0.3 is 15.0 Å². The van der Waals surface area contributed by atoms with Crippen LogP contribution in [0.15, 0.2) is 41.3 Å². The number of carbonyl (C=O) groups excluding carboxylic acids is 1. The maximum atomic E-state index is 12.9. The normalized spacial score (nSPS) is 16.5. The lowest BCUT2D eigenvalue weighted by Crippen LogP contribution is -2.42. The largest absolute Gasteiger partial charge is 0.497 e. The van der Waals surface area contributed by atoms with Crippen molar-refractivity contribution in [2.75, 3.05) is 32.6 Å². The molecule has 32 heavy (non-hydrogen) atoms. The van der Waals surface area contributed by atoms with Gasteiger partial charge in [0.15, 0.2) is 0 Å². The summed E-state index contributed by atoms with van der Waals surface area (Å²) in [4.78, 5) is 15.2. The number of aryl methyl sites for hydroxylation is 2. The minimum Gasteiger partial charge on any atom is -0.497 e. The van der Waals surface area contributed by atoms with Crippen LogP contribution in [-0.4, -0.2) is 52.5 Å². The summed E-state index contributed by atoms with van der Waals surface area (Å²) in [6.07, 6.45) is 1.96. The second-order valence-electron chi connectivity index (χ2n) is 8.66. The quantitative estimate of drug-likeness (QED) is 0.661. The summed E-state index contributed by atoms with van der Waals surface area (Å²) in [5.74, 6) is 0.762. The van der Waals surface area contributed by atoms with Crippen LogP contribution in [-0.2, 0) is 10.0 Å². The predicted octanol–water partition coefficient (Wildman–Crippen LogP) is 3.57. The second kappa shape index (κ2) is 10.0. The van der Waals surface area contributed by atoms with E-state index >= 15 is 0 Å². The van der Waals surface area contributed by atoms with Crippen LogP contribution in [0, 0.1) is 19.8 Å². The number of nitrogens with one attached hydrogen (secondary N) is 2. The van der Waals surface area contributed by atoms with Crippen molar-refractivity contribution in [2.24, 2.45) is 5.92 Å². The van der Waals surface area contributed by atoms with Crippen molar-refractivity contribution >= 4 is 21.6 Å². The van der Waals surface area contributed by atoms with Gasteiger partial charge in [-0.05, 0) is 107 Å². The van der Waals surface area contributed by atoms with E-state index in [0.29, 0.717) is 28.5 Å². The Morgan fingerprint density at radius 3 is 2.38 bits per heavy atom. The van der Waals surface area contributed by atoms with Crippen LogP contribution >= 0.6 is 0 Å². The third-order valence-electron chi connectivity index (χ3n) is 6.25. The minimum absolute atomic E-state index is 0.133. The molecule has 2 N–H and O–H groups in total. The molecule has 1 fully saturated rings. The Labute approximate surface area is 191 Å².